The Morgan fingerprint density at radius 1 is 1.25 bits per heavy atom. The summed E-state index contributed by atoms with van der Waals surface area (Å²) in [7, 11) is 1.81. The lowest BCUT2D eigenvalue weighted by atomic mass is 10.0. The Morgan fingerprint density at radius 2 is 2.00 bits per heavy atom. The Hall–Kier alpha value is -1.61. The van der Waals surface area contributed by atoms with Crippen LogP contribution in [-0.2, 0) is 6.54 Å². The number of hydrogen-bond acceptors (Lipinski definition) is 4. The minimum Gasteiger partial charge on any atom is -0.444 e. The van der Waals surface area contributed by atoms with Gasteiger partial charge in [0.1, 0.15) is 6.26 Å². The van der Waals surface area contributed by atoms with Gasteiger partial charge in [0, 0.05) is 31.7 Å². The number of halogens is 1. The summed E-state index contributed by atoms with van der Waals surface area (Å²) in [4.78, 5) is 11.5. The van der Waals surface area contributed by atoms with Crippen molar-refractivity contribution in [2.45, 2.75) is 45.2 Å². The van der Waals surface area contributed by atoms with Crippen molar-refractivity contribution in [1.29, 1.82) is 0 Å². The Morgan fingerprint density at radius 3 is 2.68 bits per heavy atom. The van der Waals surface area contributed by atoms with Gasteiger partial charge < -0.3 is 20.0 Å². The highest BCUT2D eigenvalue weighted by Gasteiger charge is 2.19. The zero-order valence-electron chi connectivity index (χ0n) is 16.9. The van der Waals surface area contributed by atoms with E-state index >= 15 is 0 Å². The molecule has 0 atom stereocenters. The largest absolute Gasteiger partial charge is 0.444 e. The van der Waals surface area contributed by atoms with Crippen molar-refractivity contribution in [3.63, 3.8) is 0 Å². The van der Waals surface area contributed by atoms with E-state index in [1.165, 1.54) is 32.5 Å². The van der Waals surface area contributed by atoms with Gasteiger partial charge in [0.2, 0.25) is 5.89 Å². The van der Waals surface area contributed by atoms with Crippen LogP contribution < -0.4 is 10.6 Å². The smallest absolute Gasteiger partial charge is 0.226 e. The van der Waals surface area contributed by atoms with Crippen molar-refractivity contribution in [2.24, 2.45) is 4.99 Å². The average Bonchev–Trinajstić information content (AvgIpc) is 3.20. The first-order valence-corrected chi connectivity index (χ1v) is 9.98. The molecule has 7 heteroatoms. The van der Waals surface area contributed by atoms with Crippen LogP contribution in [0.15, 0.2) is 46.0 Å². The molecule has 0 saturated carbocycles. The molecule has 1 aromatic heterocycles. The van der Waals surface area contributed by atoms with Crippen molar-refractivity contribution in [3.8, 4) is 11.5 Å². The molecule has 1 aliphatic rings. The molecule has 0 bridgehead atoms. The third kappa shape index (κ3) is 6.77. The van der Waals surface area contributed by atoms with E-state index in [4.69, 9.17) is 4.42 Å². The topological polar surface area (TPSA) is 65.7 Å². The van der Waals surface area contributed by atoms with Crippen LogP contribution in [0.4, 0.5) is 0 Å². The Bertz CT molecular complexity index is 711. The molecule has 0 amide bonds. The van der Waals surface area contributed by atoms with Gasteiger partial charge in [0.25, 0.3) is 0 Å². The van der Waals surface area contributed by atoms with E-state index in [0.29, 0.717) is 18.5 Å². The second-order valence-electron chi connectivity index (χ2n) is 7.05. The number of unbranched alkanes of at least 4 members (excludes halogenated alkanes) is 1. The fourth-order valence-electron chi connectivity index (χ4n) is 3.35. The molecule has 154 valence electrons. The average molecular weight is 497 g/mol. The molecule has 0 aliphatic carbocycles. The maximum absolute atomic E-state index is 5.59. The van der Waals surface area contributed by atoms with Crippen molar-refractivity contribution >= 4 is 29.9 Å². The summed E-state index contributed by atoms with van der Waals surface area (Å²) in [6.07, 6.45) is 6.58. The minimum absolute atomic E-state index is 0. The van der Waals surface area contributed by atoms with Gasteiger partial charge in [-0.1, -0.05) is 31.5 Å². The summed E-state index contributed by atoms with van der Waals surface area (Å²) in [6, 6.07) is 10.4. The molecule has 1 aliphatic heterocycles. The first kappa shape index (κ1) is 22.7. The first-order chi connectivity index (χ1) is 13.3. The predicted octanol–water partition coefficient (Wildman–Crippen LogP) is 3.89. The SMILES string of the molecule is CCCCN1CCC(NC(=NC)NCc2coc(-c3ccccc3)n2)CC1.I. The van der Waals surface area contributed by atoms with Crippen molar-refractivity contribution in [3.05, 3.63) is 42.3 Å². The quantitative estimate of drug-likeness (QED) is 0.345. The van der Waals surface area contributed by atoms with E-state index in [1.54, 1.807) is 6.26 Å². The third-order valence-electron chi connectivity index (χ3n) is 4.99. The zero-order chi connectivity index (χ0) is 18.9. The number of likely N-dealkylation sites (tertiary alicyclic amines) is 1. The van der Waals surface area contributed by atoms with Gasteiger partial charge in [0.05, 0.1) is 12.2 Å². The summed E-state index contributed by atoms with van der Waals surface area (Å²) in [5.41, 5.74) is 1.85. The predicted molar refractivity (Wildman–Crippen MR) is 125 cm³/mol. The molecule has 3 rings (SSSR count). The van der Waals surface area contributed by atoms with Crippen molar-refractivity contribution in [1.82, 2.24) is 20.5 Å². The van der Waals surface area contributed by atoms with Crippen LogP contribution >= 0.6 is 24.0 Å². The fraction of sp³-hybridized carbons (Fsp3) is 0.524. The number of oxazole rings is 1. The van der Waals surface area contributed by atoms with Gasteiger partial charge in [-0.15, -0.1) is 24.0 Å². The number of hydrogen-bond donors (Lipinski definition) is 2. The lowest BCUT2D eigenvalue weighted by Crippen LogP contribution is -2.48. The molecule has 1 fully saturated rings. The van der Waals surface area contributed by atoms with Gasteiger partial charge in [-0.05, 0) is 37.9 Å². The fourth-order valence-corrected chi connectivity index (χ4v) is 3.35. The molecular weight excluding hydrogens is 465 g/mol. The van der Waals surface area contributed by atoms with E-state index in [1.807, 2.05) is 37.4 Å². The highest BCUT2D eigenvalue weighted by atomic mass is 127. The Kier molecular flexibility index (Phi) is 9.77. The number of guanidine groups is 1. The molecule has 28 heavy (non-hydrogen) atoms. The van der Waals surface area contributed by atoms with E-state index in [0.717, 1.165) is 30.1 Å². The van der Waals surface area contributed by atoms with Gasteiger partial charge >= 0.3 is 0 Å². The van der Waals surface area contributed by atoms with E-state index in [9.17, 15) is 0 Å². The molecule has 1 saturated heterocycles. The van der Waals surface area contributed by atoms with Crippen LogP contribution in [0.5, 0.6) is 0 Å². The molecule has 0 spiro atoms. The van der Waals surface area contributed by atoms with E-state index in [-0.39, 0.29) is 24.0 Å². The molecule has 0 unspecified atom stereocenters. The highest BCUT2D eigenvalue weighted by molar-refractivity contribution is 14.0. The standard InChI is InChI=1S/C21H31N5O.HI/c1-3-4-12-26-13-10-18(11-14-26)25-21(22-2)23-15-19-16-27-20(24-19)17-8-6-5-7-9-17;/h5-9,16,18H,3-4,10-15H2,1-2H3,(H2,22,23,25);1H. The number of nitrogens with zero attached hydrogens (tertiary/aromatic N) is 3. The molecular formula is C21H32IN5O. The number of nitrogens with one attached hydrogen (secondary N) is 2. The number of aromatic nitrogens is 1. The number of benzene rings is 1. The molecule has 2 heterocycles. The number of aliphatic imine (C=N–C) groups is 1. The van der Waals surface area contributed by atoms with Gasteiger partial charge in [-0.25, -0.2) is 4.98 Å². The summed E-state index contributed by atoms with van der Waals surface area (Å²) in [6.45, 7) is 6.40. The van der Waals surface area contributed by atoms with Crippen molar-refractivity contribution in [2.75, 3.05) is 26.7 Å². The molecule has 1 aromatic carbocycles. The van der Waals surface area contributed by atoms with Crippen LogP contribution in [0.3, 0.4) is 0 Å². The number of piperidine rings is 1. The first-order valence-electron chi connectivity index (χ1n) is 9.98. The Labute approximate surface area is 185 Å². The molecule has 2 N–H and O–H groups in total. The van der Waals surface area contributed by atoms with Crippen LogP contribution in [0, 0.1) is 0 Å². The maximum Gasteiger partial charge on any atom is 0.226 e. The third-order valence-corrected chi connectivity index (χ3v) is 4.99. The summed E-state index contributed by atoms with van der Waals surface area (Å²) >= 11 is 0. The van der Waals surface area contributed by atoms with Crippen LogP contribution in [0.25, 0.3) is 11.5 Å². The lowest BCUT2D eigenvalue weighted by Gasteiger charge is -2.33. The molecule has 2 aromatic rings. The summed E-state index contributed by atoms with van der Waals surface area (Å²) < 4.78 is 5.59. The van der Waals surface area contributed by atoms with Crippen LogP contribution in [-0.4, -0.2) is 48.6 Å². The lowest BCUT2D eigenvalue weighted by molar-refractivity contribution is 0.203. The monoisotopic (exact) mass is 497 g/mol. The highest BCUT2D eigenvalue weighted by Crippen LogP contribution is 2.17. The molecule has 6 nitrogen and oxygen atoms in total. The zero-order valence-corrected chi connectivity index (χ0v) is 19.2. The van der Waals surface area contributed by atoms with E-state index in [2.05, 4.69) is 32.4 Å². The van der Waals surface area contributed by atoms with Gasteiger partial charge in [-0.2, -0.15) is 0 Å². The van der Waals surface area contributed by atoms with Gasteiger partial charge in [0.15, 0.2) is 5.96 Å². The minimum atomic E-state index is 0. The van der Waals surface area contributed by atoms with Gasteiger partial charge in [-0.3, -0.25) is 4.99 Å². The normalized spacial score (nSPS) is 15.9. The molecule has 0 radical (unpaired) electrons. The second-order valence-corrected chi connectivity index (χ2v) is 7.05. The van der Waals surface area contributed by atoms with E-state index < -0.39 is 0 Å². The maximum atomic E-state index is 5.59. The van der Waals surface area contributed by atoms with Crippen LogP contribution in [0.1, 0.15) is 38.3 Å². The van der Waals surface area contributed by atoms with Crippen LogP contribution in [0.2, 0.25) is 0 Å². The van der Waals surface area contributed by atoms with Crippen molar-refractivity contribution < 1.29 is 4.42 Å². The summed E-state index contributed by atoms with van der Waals surface area (Å²) in [5.74, 6) is 1.47. The summed E-state index contributed by atoms with van der Waals surface area (Å²) in [5, 5.41) is 6.89. The Balaban J connectivity index is 0.00000280. The number of rotatable bonds is 7. The second kappa shape index (κ2) is 12.1.